The molecule has 1 aliphatic carbocycles. The molecule has 3 N–H and O–H groups in total. The van der Waals surface area contributed by atoms with Crippen molar-refractivity contribution in [3.63, 3.8) is 0 Å². The molecule has 0 bridgehead atoms. The molecule has 0 unspecified atom stereocenters. The fourth-order valence-electron chi connectivity index (χ4n) is 2.67. The van der Waals surface area contributed by atoms with E-state index in [2.05, 4.69) is 12.2 Å². The van der Waals surface area contributed by atoms with Gasteiger partial charge in [-0.3, -0.25) is 9.59 Å². The van der Waals surface area contributed by atoms with Gasteiger partial charge in [0.25, 0.3) is 0 Å². The topological polar surface area (TPSA) is 94.6 Å². The molecule has 1 fully saturated rings. The number of primary amides is 1. The molecular formula is C19H20N2O4. The van der Waals surface area contributed by atoms with Gasteiger partial charge in [-0.2, -0.15) is 0 Å². The van der Waals surface area contributed by atoms with Crippen LogP contribution in [0, 0.1) is 5.92 Å². The standard InChI is InChI=1S/C19H20N2O4/c1-11-9-14(11)16-7-4-13(25-16)5-8-18(22)21-15-10-12(19(20)23)3-6-17(15)24-2/h3-8,10-11,14H,9H2,1-2H3,(H2,20,23)(H,21,22)/b8-5-/t11-,14+/m0/s1. The highest BCUT2D eigenvalue weighted by molar-refractivity contribution is 6.03. The van der Waals surface area contributed by atoms with E-state index in [1.165, 1.54) is 25.3 Å². The molecule has 2 amide bonds. The highest BCUT2D eigenvalue weighted by Crippen LogP contribution is 2.47. The molecule has 2 atom stereocenters. The number of furan rings is 1. The Hall–Kier alpha value is -3.02. The molecule has 6 heteroatoms. The van der Waals surface area contributed by atoms with Crippen molar-refractivity contribution in [2.75, 3.05) is 12.4 Å². The monoisotopic (exact) mass is 340 g/mol. The van der Waals surface area contributed by atoms with E-state index in [0.29, 0.717) is 29.0 Å². The zero-order valence-electron chi connectivity index (χ0n) is 14.1. The first-order chi connectivity index (χ1) is 12.0. The maximum Gasteiger partial charge on any atom is 0.248 e. The van der Waals surface area contributed by atoms with Crippen LogP contribution in [0.2, 0.25) is 0 Å². The van der Waals surface area contributed by atoms with Crippen molar-refractivity contribution in [1.29, 1.82) is 0 Å². The van der Waals surface area contributed by atoms with Crippen LogP contribution in [0.5, 0.6) is 5.75 Å². The molecule has 25 heavy (non-hydrogen) atoms. The van der Waals surface area contributed by atoms with E-state index < -0.39 is 5.91 Å². The van der Waals surface area contributed by atoms with Crippen molar-refractivity contribution in [2.45, 2.75) is 19.3 Å². The number of hydrogen-bond donors (Lipinski definition) is 2. The number of ether oxygens (including phenoxy) is 1. The van der Waals surface area contributed by atoms with Crippen molar-refractivity contribution in [3.8, 4) is 5.75 Å². The average molecular weight is 340 g/mol. The minimum absolute atomic E-state index is 0.286. The van der Waals surface area contributed by atoms with Crippen LogP contribution in [0.1, 0.15) is 41.1 Å². The molecule has 1 heterocycles. The number of anilines is 1. The predicted molar refractivity (Wildman–Crippen MR) is 94.4 cm³/mol. The SMILES string of the molecule is COc1ccc(C(N)=O)cc1NC(=O)/C=C\c1ccc([C@@H]2C[C@@H]2C)o1. The lowest BCUT2D eigenvalue weighted by atomic mass is 10.1. The molecule has 0 spiro atoms. The number of rotatable bonds is 6. The molecule has 1 aliphatic rings. The van der Waals surface area contributed by atoms with E-state index in [1.807, 2.05) is 12.1 Å². The number of amides is 2. The molecule has 0 saturated heterocycles. The fourth-order valence-corrected chi connectivity index (χ4v) is 2.67. The second kappa shape index (κ2) is 6.84. The Morgan fingerprint density at radius 2 is 2.08 bits per heavy atom. The van der Waals surface area contributed by atoms with E-state index in [-0.39, 0.29) is 11.5 Å². The highest BCUT2D eigenvalue weighted by atomic mass is 16.5. The summed E-state index contributed by atoms with van der Waals surface area (Å²) >= 11 is 0. The van der Waals surface area contributed by atoms with Gasteiger partial charge >= 0.3 is 0 Å². The summed E-state index contributed by atoms with van der Waals surface area (Å²) in [5, 5.41) is 2.68. The van der Waals surface area contributed by atoms with Crippen LogP contribution in [0.25, 0.3) is 6.08 Å². The Morgan fingerprint density at radius 1 is 1.32 bits per heavy atom. The van der Waals surface area contributed by atoms with E-state index in [9.17, 15) is 9.59 Å². The van der Waals surface area contributed by atoms with Gasteiger partial charge in [0.2, 0.25) is 11.8 Å². The van der Waals surface area contributed by atoms with Gasteiger partial charge in [0.1, 0.15) is 17.3 Å². The quantitative estimate of drug-likeness (QED) is 0.790. The zero-order chi connectivity index (χ0) is 18.0. The van der Waals surface area contributed by atoms with Crippen molar-refractivity contribution in [3.05, 3.63) is 53.5 Å². The molecule has 3 rings (SSSR count). The van der Waals surface area contributed by atoms with E-state index in [1.54, 1.807) is 12.1 Å². The van der Waals surface area contributed by atoms with Crippen molar-refractivity contribution in [2.24, 2.45) is 11.7 Å². The Kier molecular flexibility index (Phi) is 4.61. The second-order valence-electron chi connectivity index (χ2n) is 6.16. The molecule has 2 aromatic rings. The highest BCUT2D eigenvalue weighted by Gasteiger charge is 2.36. The first-order valence-electron chi connectivity index (χ1n) is 8.04. The van der Waals surface area contributed by atoms with Gasteiger partial charge in [-0.25, -0.2) is 0 Å². The summed E-state index contributed by atoms with van der Waals surface area (Å²) in [6.07, 6.45) is 4.12. The van der Waals surface area contributed by atoms with Gasteiger partial charge in [0, 0.05) is 17.6 Å². The number of nitrogens with two attached hydrogens (primary N) is 1. The van der Waals surface area contributed by atoms with Crippen LogP contribution < -0.4 is 15.8 Å². The normalized spacial score (nSPS) is 19.0. The lowest BCUT2D eigenvalue weighted by Gasteiger charge is -2.09. The van der Waals surface area contributed by atoms with E-state index in [0.717, 1.165) is 12.2 Å². The van der Waals surface area contributed by atoms with Gasteiger partial charge < -0.3 is 20.2 Å². The van der Waals surface area contributed by atoms with Gasteiger partial charge in [-0.15, -0.1) is 0 Å². The molecule has 1 saturated carbocycles. The summed E-state index contributed by atoms with van der Waals surface area (Å²) in [5.41, 5.74) is 5.92. The Morgan fingerprint density at radius 3 is 2.72 bits per heavy atom. The summed E-state index contributed by atoms with van der Waals surface area (Å²) in [7, 11) is 1.48. The Balaban J connectivity index is 1.68. The zero-order valence-corrected chi connectivity index (χ0v) is 14.1. The molecule has 6 nitrogen and oxygen atoms in total. The lowest BCUT2D eigenvalue weighted by molar-refractivity contribution is -0.111. The van der Waals surface area contributed by atoms with Crippen LogP contribution in [0.4, 0.5) is 5.69 Å². The van der Waals surface area contributed by atoms with Crippen LogP contribution in [-0.4, -0.2) is 18.9 Å². The van der Waals surface area contributed by atoms with Gasteiger partial charge in [0.05, 0.1) is 12.8 Å². The Labute approximate surface area is 145 Å². The third-order valence-corrected chi connectivity index (χ3v) is 4.26. The molecular weight excluding hydrogens is 320 g/mol. The molecule has 0 radical (unpaired) electrons. The minimum atomic E-state index is -0.578. The third-order valence-electron chi connectivity index (χ3n) is 4.26. The van der Waals surface area contributed by atoms with Crippen molar-refractivity contribution < 1.29 is 18.7 Å². The summed E-state index contributed by atoms with van der Waals surface area (Å²) in [6, 6.07) is 8.39. The number of methoxy groups -OCH3 is 1. The number of benzene rings is 1. The van der Waals surface area contributed by atoms with Gasteiger partial charge in [0.15, 0.2) is 0 Å². The second-order valence-corrected chi connectivity index (χ2v) is 6.16. The summed E-state index contributed by atoms with van der Waals surface area (Å²) < 4.78 is 10.9. The minimum Gasteiger partial charge on any atom is -0.495 e. The molecule has 1 aromatic heterocycles. The van der Waals surface area contributed by atoms with Gasteiger partial charge in [-0.1, -0.05) is 6.92 Å². The molecule has 130 valence electrons. The lowest BCUT2D eigenvalue weighted by Crippen LogP contribution is -2.13. The van der Waals surface area contributed by atoms with Crippen LogP contribution in [0.3, 0.4) is 0 Å². The smallest absolute Gasteiger partial charge is 0.248 e. The van der Waals surface area contributed by atoms with Gasteiger partial charge in [-0.05, 0) is 48.7 Å². The van der Waals surface area contributed by atoms with Crippen molar-refractivity contribution in [1.82, 2.24) is 0 Å². The number of nitrogens with one attached hydrogen (secondary N) is 1. The van der Waals surface area contributed by atoms with Crippen LogP contribution in [0.15, 0.2) is 40.8 Å². The molecule has 1 aromatic carbocycles. The first kappa shape index (κ1) is 16.8. The van der Waals surface area contributed by atoms with E-state index >= 15 is 0 Å². The van der Waals surface area contributed by atoms with Crippen molar-refractivity contribution >= 4 is 23.6 Å². The predicted octanol–water partition coefficient (Wildman–Crippen LogP) is 3.16. The maximum absolute atomic E-state index is 12.1. The number of carbonyl (C=O) groups excluding carboxylic acids is 2. The summed E-state index contributed by atoms with van der Waals surface area (Å²) in [4.78, 5) is 23.4. The first-order valence-corrected chi connectivity index (χ1v) is 8.04. The van der Waals surface area contributed by atoms with Crippen LogP contribution in [-0.2, 0) is 4.79 Å². The Bertz CT molecular complexity index is 838. The number of carbonyl (C=O) groups is 2. The maximum atomic E-state index is 12.1. The largest absolute Gasteiger partial charge is 0.495 e. The number of hydrogen-bond acceptors (Lipinski definition) is 4. The van der Waals surface area contributed by atoms with Crippen LogP contribution >= 0.6 is 0 Å². The third kappa shape index (κ3) is 3.91. The average Bonchev–Trinajstić information content (AvgIpc) is 3.13. The fraction of sp³-hybridized carbons (Fsp3) is 0.263. The summed E-state index contributed by atoms with van der Waals surface area (Å²) in [6.45, 7) is 2.18. The summed E-state index contributed by atoms with van der Waals surface area (Å²) in [5.74, 6) is 2.25. The van der Waals surface area contributed by atoms with E-state index in [4.69, 9.17) is 14.9 Å². The molecule has 0 aliphatic heterocycles.